The van der Waals surface area contributed by atoms with E-state index in [2.05, 4.69) is 4.37 Å². The van der Waals surface area contributed by atoms with Gasteiger partial charge in [-0.2, -0.15) is 4.37 Å². The summed E-state index contributed by atoms with van der Waals surface area (Å²) in [5.41, 5.74) is -0.490. The van der Waals surface area contributed by atoms with Crippen LogP contribution in [0.25, 0.3) is 0 Å². The van der Waals surface area contributed by atoms with E-state index in [9.17, 15) is 9.59 Å². The van der Waals surface area contributed by atoms with E-state index in [1.54, 1.807) is 23.0 Å². The number of likely N-dealkylation sites (tertiary alicyclic amines) is 1. The summed E-state index contributed by atoms with van der Waals surface area (Å²) in [7, 11) is 1.77. The van der Waals surface area contributed by atoms with Crippen LogP contribution in [-0.2, 0) is 9.53 Å². The summed E-state index contributed by atoms with van der Waals surface area (Å²) in [5, 5.41) is 0.847. The van der Waals surface area contributed by atoms with Gasteiger partial charge in [0.15, 0.2) is 0 Å². The molecule has 0 atom stereocenters. The minimum absolute atomic E-state index is 0.0502. The van der Waals surface area contributed by atoms with Crippen molar-refractivity contribution in [2.24, 2.45) is 5.92 Å². The van der Waals surface area contributed by atoms with Crippen LogP contribution < -0.4 is 4.90 Å². The van der Waals surface area contributed by atoms with E-state index in [0.717, 1.165) is 5.00 Å². The standard InChI is InChI=1S/C15H23N3O3S/c1-15(2,3)21-14(20)18-9-6-11(7-10-18)13(19)17(4)12-5-8-16-22-12/h5,8,11H,6-7,9-10H2,1-4H3. The molecular formula is C15H23N3O3S. The summed E-state index contributed by atoms with van der Waals surface area (Å²) in [5.74, 6) is 0.0406. The second-order valence-corrected chi connectivity index (χ2v) is 7.30. The van der Waals surface area contributed by atoms with Gasteiger partial charge in [-0.1, -0.05) is 0 Å². The molecule has 0 aliphatic carbocycles. The van der Waals surface area contributed by atoms with Gasteiger partial charge in [-0.3, -0.25) is 4.79 Å². The number of carbonyl (C=O) groups excluding carboxylic acids is 2. The van der Waals surface area contributed by atoms with E-state index in [0.29, 0.717) is 25.9 Å². The van der Waals surface area contributed by atoms with Gasteiger partial charge in [-0.05, 0) is 51.2 Å². The predicted molar refractivity (Wildman–Crippen MR) is 86.1 cm³/mol. The summed E-state index contributed by atoms with van der Waals surface area (Å²) in [6, 6.07) is 1.83. The second-order valence-electron chi connectivity index (χ2n) is 6.49. The van der Waals surface area contributed by atoms with Crippen molar-refractivity contribution in [3.63, 3.8) is 0 Å². The van der Waals surface area contributed by atoms with Crippen molar-refractivity contribution in [1.29, 1.82) is 0 Å². The van der Waals surface area contributed by atoms with E-state index in [-0.39, 0.29) is 17.9 Å². The third-order valence-electron chi connectivity index (χ3n) is 3.58. The fourth-order valence-corrected chi connectivity index (χ4v) is 2.96. The molecule has 122 valence electrons. The third kappa shape index (κ3) is 4.19. The van der Waals surface area contributed by atoms with Crippen LogP contribution in [0.5, 0.6) is 0 Å². The van der Waals surface area contributed by atoms with Gasteiger partial charge >= 0.3 is 6.09 Å². The number of hydrogen-bond acceptors (Lipinski definition) is 5. The average Bonchev–Trinajstić information content (AvgIpc) is 2.98. The molecule has 0 aromatic carbocycles. The predicted octanol–water partition coefficient (Wildman–Crippen LogP) is 2.75. The highest BCUT2D eigenvalue weighted by molar-refractivity contribution is 7.10. The molecule has 1 fully saturated rings. The molecule has 22 heavy (non-hydrogen) atoms. The van der Waals surface area contributed by atoms with Gasteiger partial charge in [0, 0.05) is 32.3 Å². The highest BCUT2D eigenvalue weighted by Crippen LogP contribution is 2.25. The van der Waals surface area contributed by atoms with E-state index in [1.165, 1.54) is 11.5 Å². The zero-order chi connectivity index (χ0) is 16.3. The van der Waals surface area contributed by atoms with Crippen LogP contribution in [0.15, 0.2) is 12.3 Å². The van der Waals surface area contributed by atoms with E-state index in [4.69, 9.17) is 4.74 Å². The minimum Gasteiger partial charge on any atom is -0.444 e. The highest BCUT2D eigenvalue weighted by atomic mass is 32.1. The Bertz CT molecular complexity index is 517. The second kappa shape index (κ2) is 6.64. The molecule has 1 aliphatic rings. The molecule has 2 amide bonds. The zero-order valence-corrected chi connectivity index (χ0v) is 14.4. The molecule has 0 radical (unpaired) electrons. The van der Waals surface area contributed by atoms with Gasteiger partial charge in [-0.25, -0.2) is 4.79 Å². The van der Waals surface area contributed by atoms with Gasteiger partial charge in [0.05, 0.1) is 0 Å². The smallest absolute Gasteiger partial charge is 0.410 e. The molecule has 6 nitrogen and oxygen atoms in total. The Balaban J connectivity index is 1.87. The van der Waals surface area contributed by atoms with Crippen LogP contribution in [0.4, 0.5) is 9.80 Å². The first-order valence-electron chi connectivity index (χ1n) is 7.44. The number of rotatable bonds is 2. The van der Waals surface area contributed by atoms with Crippen LogP contribution in [0.1, 0.15) is 33.6 Å². The van der Waals surface area contributed by atoms with Crippen LogP contribution in [0, 0.1) is 5.92 Å². The summed E-state index contributed by atoms with van der Waals surface area (Å²) < 4.78 is 9.38. The van der Waals surface area contributed by atoms with Crippen LogP contribution in [-0.4, -0.2) is 47.0 Å². The minimum atomic E-state index is -0.490. The molecule has 0 bridgehead atoms. The van der Waals surface area contributed by atoms with Crippen LogP contribution >= 0.6 is 11.5 Å². The Kier molecular flexibility index (Phi) is 5.05. The lowest BCUT2D eigenvalue weighted by atomic mass is 9.95. The number of aromatic nitrogens is 1. The maximum atomic E-state index is 12.5. The van der Waals surface area contributed by atoms with Crippen molar-refractivity contribution in [1.82, 2.24) is 9.27 Å². The fraction of sp³-hybridized carbons (Fsp3) is 0.667. The van der Waals surface area contributed by atoms with Crippen molar-refractivity contribution < 1.29 is 14.3 Å². The Labute approximate surface area is 135 Å². The Morgan fingerprint density at radius 1 is 1.36 bits per heavy atom. The molecule has 1 aromatic rings. The van der Waals surface area contributed by atoms with Crippen molar-refractivity contribution >= 4 is 28.5 Å². The van der Waals surface area contributed by atoms with Gasteiger partial charge in [0.1, 0.15) is 10.6 Å². The van der Waals surface area contributed by atoms with Crippen molar-refractivity contribution in [3.8, 4) is 0 Å². The SMILES string of the molecule is CN(C(=O)C1CCN(C(=O)OC(C)(C)C)CC1)c1ccns1. The van der Waals surface area contributed by atoms with Gasteiger partial charge in [-0.15, -0.1) is 0 Å². The first-order chi connectivity index (χ1) is 10.3. The molecule has 1 aromatic heterocycles. The third-order valence-corrected chi connectivity index (χ3v) is 4.41. The number of amides is 2. The molecule has 0 spiro atoms. The number of anilines is 1. The van der Waals surface area contributed by atoms with Crippen molar-refractivity contribution in [3.05, 3.63) is 12.3 Å². The first kappa shape index (κ1) is 16.7. The van der Waals surface area contributed by atoms with E-state index >= 15 is 0 Å². The normalized spacial score (nSPS) is 16.5. The van der Waals surface area contributed by atoms with Gasteiger partial charge in [0.25, 0.3) is 0 Å². The molecular weight excluding hydrogens is 302 g/mol. The monoisotopic (exact) mass is 325 g/mol. The molecule has 0 unspecified atom stereocenters. The Morgan fingerprint density at radius 3 is 2.50 bits per heavy atom. The van der Waals surface area contributed by atoms with Gasteiger partial charge in [0.2, 0.25) is 5.91 Å². The molecule has 7 heteroatoms. The fourth-order valence-electron chi connectivity index (χ4n) is 2.40. The van der Waals surface area contributed by atoms with Gasteiger partial charge < -0.3 is 14.5 Å². The summed E-state index contributed by atoms with van der Waals surface area (Å²) in [6.45, 7) is 6.67. The maximum Gasteiger partial charge on any atom is 0.410 e. The molecule has 2 rings (SSSR count). The van der Waals surface area contributed by atoms with Crippen molar-refractivity contribution in [2.75, 3.05) is 25.0 Å². The summed E-state index contributed by atoms with van der Waals surface area (Å²) >= 11 is 1.31. The lowest BCUT2D eigenvalue weighted by molar-refractivity contribution is -0.123. The number of carbonyl (C=O) groups is 2. The number of piperidine rings is 1. The zero-order valence-electron chi connectivity index (χ0n) is 13.5. The molecule has 1 aliphatic heterocycles. The highest BCUT2D eigenvalue weighted by Gasteiger charge is 2.31. The molecule has 1 saturated heterocycles. The average molecular weight is 325 g/mol. The number of hydrogen-bond donors (Lipinski definition) is 0. The topological polar surface area (TPSA) is 62.7 Å². The Morgan fingerprint density at radius 2 is 2.00 bits per heavy atom. The number of ether oxygens (including phenoxy) is 1. The van der Waals surface area contributed by atoms with Crippen LogP contribution in [0.2, 0.25) is 0 Å². The lowest BCUT2D eigenvalue weighted by Gasteiger charge is -2.34. The molecule has 2 heterocycles. The van der Waals surface area contributed by atoms with Crippen molar-refractivity contribution in [2.45, 2.75) is 39.2 Å². The summed E-state index contributed by atoms with van der Waals surface area (Å²) in [6.07, 6.45) is 2.73. The van der Waals surface area contributed by atoms with E-state index < -0.39 is 5.60 Å². The quantitative estimate of drug-likeness (QED) is 0.839. The summed E-state index contributed by atoms with van der Waals surface area (Å²) in [4.78, 5) is 27.8. The molecule has 0 saturated carbocycles. The largest absolute Gasteiger partial charge is 0.444 e. The lowest BCUT2D eigenvalue weighted by Crippen LogP contribution is -2.45. The molecule has 0 N–H and O–H groups in total. The number of nitrogens with zero attached hydrogens (tertiary/aromatic N) is 3. The van der Waals surface area contributed by atoms with Crippen LogP contribution in [0.3, 0.4) is 0 Å². The first-order valence-corrected chi connectivity index (χ1v) is 8.21. The maximum absolute atomic E-state index is 12.5. The van der Waals surface area contributed by atoms with E-state index in [1.807, 2.05) is 26.8 Å². The Hall–Kier alpha value is -1.63.